The Morgan fingerprint density at radius 2 is 2.06 bits per heavy atom. The van der Waals surface area contributed by atoms with Gasteiger partial charge in [0, 0.05) is 12.1 Å². The highest BCUT2D eigenvalue weighted by Gasteiger charge is 2.14. The molecule has 0 spiro atoms. The van der Waals surface area contributed by atoms with Gasteiger partial charge < -0.3 is 11.1 Å². The van der Waals surface area contributed by atoms with Crippen LogP contribution in [0, 0.1) is 11.2 Å². The van der Waals surface area contributed by atoms with E-state index in [1.54, 1.807) is 0 Å². The fourth-order valence-electron chi connectivity index (χ4n) is 1.34. The van der Waals surface area contributed by atoms with E-state index in [1.807, 2.05) is 0 Å². The van der Waals surface area contributed by atoms with Crippen LogP contribution in [-0.2, 0) is 4.79 Å². The van der Waals surface area contributed by atoms with Crippen LogP contribution < -0.4 is 11.1 Å². The topological polar surface area (TPSA) is 55.1 Å². The third-order valence-electron chi connectivity index (χ3n) is 2.37. The van der Waals surface area contributed by atoms with Gasteiger partial charge in [-0.25, -0.2) is 4.39 Å². The predicted molar refractivity (Wildman–Crippen MR) is 68.1 cm³/mol. The highest BCUT2D eigenvalue weighted by atomic mass is 19.1. The van der Waals surface area contributed by atoms with Crippen molar-refractivity contribution in [1.29, 1.82) is 0 Å². The second-order valence-electron chi connectivity index (χ2n) is 5.35. The number of carbonyl (C=O) groups excluding carboxylic acids is 1. The summed E-state index contributed by atoms with van der Waals surface area (Å²) in [5.41, 5.74) is 6.19. The molecule has 1 rings (SSSR count). The molecule has 0 saturated carbocycles. The minimum absolute atomic E-state index is 0.0889. The molecule has 1 amide bonds. The van der Waals surface area contributed by atoms with Crippen molar-refractivity contribution < 1.29 is 9.18 Å². The number of halogens is 1. The average molecular weight is 238 g/mol. The van der Waals surface area contributed by atoms with Crippen molar-refractivity contribution in [3.8, 4) is 0 Å². The quantitative estimate of drug-likeness (QED) is 0.795. The van der Waals surface area contributed by atoms with Crippen molar-refractivity contribution in [2.45, 2.75) is 33.6 Å². The molecule has 4 heteroatoms. The molecule has 0 aliphatic heterocycles. The zero-order valence-electron chi connectivity index (χ0n) is 10.5. The van der Waals surface area contributed by atoms with Gasteiger partial charge in [-0.15, -0.1) is 0 Å². The van der Waals surface area contributed by atoms with Crippen molar-refractivity contribution in [2.75, 3.05) is 11.1 Å². The number of amides is 1. The Morgan fingerprint density at radius 3 is 2.65 bits per heavy atom. The summed E-state index contributed by atoms with van der Waals surface area (Å²) in [4.78, 5) is 11.6. The van der Waals surface area contributed by atoms with E-state index in [0.717, 1.165) is 6.42 Å². The highest BCUT2D eigenvalue weighted by molar-refractivity contribution is 5.91. The molecule has 0 radical (unpaired) electrons. The Kier molecular flexibility index (Phi) is 4.10. The first-order valence-electron chi connectivity index (χ1n) is 5.63. The normalized spacial score (nSPS) is 11.3. The van der Waals surface area contributed by atoms with Gasteiger partial charge in [0.25, 0.3) is 0 Å². The molecule has 0 saturated heterocycles. The SMILES string of the molecule is CC(C)(C)CCC(=O)Nc1cc(N)ccc1F. The van der Waals surface area contributed by atoms with Crippen molar-refractivity contribution >= 4 is 17.3 Å². The molecule has 1 aromatic carbocycles. The van der Waals surface area contributed by atoms with Crippen molar-refractivity contribution in [2.24, 2.45) is 5.41 Å². The van der Waals surface area contributed by atoms with Crippen LogP contribution in [0.3, 0.4) is 0 Å². The van der Waals surface area contributed by atoms with Gasteiger partial charge >= 0.3 is 0 Å². The van der Waals surface area contributed by atoms with E-state index in [-0.39, 0.29) is 17.0 Å². The van der Waals surface area contributed by atoms with Crippen LogP contribution in [0.5, 0.6) is 0 Å². The number of nitrogen functional groups attached to an aromatic ring is 1. The summed E-state index contributed by atoms with van der Waals surface area (Å²) >= 11 is 0. The van der Waals surface area contributed by atoms with Gasteiger partial charge in [0.1, 0.15) is 5.82 Å². The van der Waals surface area contributed by atoms with Gasteiger partial charge in [0.05, 0.1) is 5.69 Å². The average Bonchev–Trinajstić information content (AvgIpc) is 2.20. The van der Waals surface area contributed by atoms with Crippen LogP contribution in [0.25, 0.3) is 0 Å². The number of hydrogen-bond acceptors (Lipinski definition) is 2. The van der Waals surface area contributed by atoms with E-state index in [2.05, 4.69) is 26.1 Å². The Hall–Kier alpha value is -1.58. The number of rotatable bonds is 3. The molecule has 3 N–H and O–H groups in total. The summed E-state index contributed by atoms with van der Waals surface area (Å²) in [7, 11) is 0. The first-order valence-corrected chi connectivity index (χ1v) is 5.63. The molecular formula is C13H19FN2O. The van der Waals surface area contributed by atoms with Gasteiger partial charge in [0.2, 0.25) is 5.91 Å². The molecule has 0 fully saturated rings. The fraction of sp³-hybridized carbons (Fsp3) is 0.462. The molecule has 0 unspecified atom stereocenters. The van der Waals surface area contributed by atoms with E-state index in [0.29, 0.717) is 12.1 Å². The number of nitrogens with two attached hydrogens (primary N) is 1. The smallest absolute Gasteiger partial charge is 0.224 e. The molecule has 94 valence electrons. The lowest BCUT2D eigenvalue weighted by Crippen LogP contribution is -2.16. The Balaban J connectivity index is 2.59. The van der Waals surface area contributed by atoms with Gasteiger partial charge in [-0.05, 0) is 30.0 Å². The maximum atomic E-state index is 13.3. The molecule has 0 aliphatic rings. The number of carbonyl (C=O) groups is 1. The molecule has 17 heavy (non-hydrogen) atoms. The number of hydrogen-bond donors (Lipinski definition) is 2. The van der Waals surface area contributed by atoms with Gasteiger partial charge in [-0.3, -0.25) is 4.79 Å². The van der Waals surface area contributed by atoms with E-state index in [9.17, 15) is 9.18 Å². The number of benzene rings is 1. The molecule has 3 nitrogen and oxygen atoms in total. The summed E-state index contributed by atoms with van der Waals surface area (Å²) in [5.74, 6) is -0.660. The summed E-state index contributed by atoms with van der Waals surface area (Å²) in [5, 5.41) is 2.53. The Morgan fingerprint density at radius 1 is 1.41 bits per heavy atom. The number of anilines is 2. The second-order valence-corrected chi connectivity index (χ2v) is 5.35. The highest BCUT2D eigenvalue weighted by Crippen LogP contribution is 2.22. The van der Waals surface area contributed by atoms with Crippen molar-refractivity contribution in [3.63, 3.8) is 0 Å². The molecule has 0 aromatic heterocycles. The molecule has 0 aliphatic carbocycles. The molecule has 0 atom stereocenters. The minimum atomic E-state index is -0.469. The fourth-order valence-corrected chi connectivity index (χ4v) is 1.34. The Labute approximate surface area is 101 Å². The standard InChI is InChI=1S/C13H19FN2O/c1-13(2,3)7-6-12(17)16-11-8-9(15)4-5-10(11)14/h4-5,8H,6-7,15H2,1-3H3,(H,16,17). The Bertz CT molecular complexity index is 410. The minimum Gasteiger partial charge on any atom is -0.399 e. The first kappa shape index (κ1) is 13.5. The summed E-state index contributed by atoms with van der Waals surface area (Å²) < 4.78 is 13.3. The van der Waals surface area contributed by atoms with E-state index < -0.39 is 5.82 Å². The van der Waals surface area contributed by atoms with E-state index >= 15 is 0 Å². The van der Waals surface area contributed by atoms with Crippen molar-refractivity contribution in [1.82, 2.24) is 0 Å². The zero-order valence-corrected chi connectivity index (χ0v) is 10.5. The largest absolute Gasteiger partial charge is 0.399 e. The third kappa shape index (κ3) is 4.85. The summed E-state index contributed by atoms with van der Waals surface area (Å²) in [6.07, 6.45) is 1.13. The lowest BCUT2D eigenvalue weighted by atomic mass is 9.90. The monoisotopic (exact) mass is 238 g/mol. The molecule has 0 bridgehead atoms. The van der Waals surface area contributed by atoms with Crippen LogP contribution in [-0.4, -0.2) is 5.91 Å². The van der Waals surface area contributed by atoms with Crippen LogP contribution in [0.2, 0.25) is 0 Å². The first-order chi connectivity index (χ1) is 7.78. The molecule has 1 aromatic rings. The maximum Gasteiger partial charge on any atom is 0.224 e. The van der Waals surface area contributed by atoms with Crippen LogP contribution >= 0.6 is 0 Å². The second kappa shape index (κ2) is 5.17. The lowest BCUT2D eigenvalue weighted by molar-refractivity contribution is -0.116. The summed E-state index contributed by atoms with van der Waals surface area (Å²) in [6, 6.07) is 4.12. The van der Waals surface area contributed by atoms with E-state index in [4.69, 9.17) is 5.73 Å². The third-order valence-corrected chi connectivity index (χ3v) is 2.37. The van der Waals surface area contributed by atoms with Gasteiger partial charge in [0.15, 0.2) is 0 Å². The van der Waals surface area contributed by atoms with E-state index in [1.165, 1.54) is 18.2 Å². The molecular weight excluding hydrogens is 219 g/mol. The van der Waals surface area contributed by atoms with Crippen LogP contribution in [0.4, 0.5) is 15.8 Å². The maximum absolute atomic E-state index is 13.3. The van der Waals surface area contributed by atoms with Crippen molar-refractivity contribution in [3.05, 3.63) is 24.0 Å². The van der Waals surface area contributed by atoms with Crippen LogP contribution in [0.1, 0.15) is 33.6 Å². The molecule has 0 heterocycles. The number of nitrogens with one attached hydrogen (secondary N) is 1. The summed E-state index contributed by atoms with van der Waals surface area (Å²) in [6.45, 7) is 6.17. The zero-order chi connectivity index (χ0) is 13.1. The van der Waals surface area contributed by atoms with Gasteiger partial charge in [-0.1, -0.05) is 20.8 Å². The van der Waals surface area contributed by atoms with Gasteiger partial charge in [-0.2, -0.15) is 0 Å². The lowest BCUT2D eigenvalue weighted by Gasteiger charge is -2.17. The van der Waals surface area contributed by atoms with Crippen LogP contribution in [0.15, 0.2) is 18.2 Å². The predicted octanol–water partition coefficient (Wildman–Crippen LogP) is 3.17.